The van der Waals surface area contributed by atoms with E-state index in [1.807, 2.05) is 10.2 Å². The van der Waals surface area contributed by atoms with E-state index in [1.165, 1.54) is 22.2 Å². The molecular weight excluding hydrogens is 325 g/mol. The highest BCUT2D eigenvalue weighted by atomic mass is 19.4. The molecule has 0 bridgehead atoms. The summed E-state index contributed by atoms with van der Waals surface area (Å²) in [4.78, 5) is 25.3. The Bertz CT molecular complexity index is 860. The molecule has 0 atom stereocenters. The molecular formula is C15H17F3N4O2. The number of alkyl halides is 3. The second-order valence-corrected chi connectivity index (χ2v) is 5.90. The van der Waals surface area contributed by atoms with Crippen molar-refractivity contribution in [3.63, 3.8) is 0 Å². The Kier molecular flexibility index (Phi) is 3.81. The fourth-order valence-electron chi connectivity index (χ4n) is 3.05. The van der Waals surface area contributed by atoms with Gasteiger partial charge in [-0.15, -0.1) is 0 Å². The molecule has 1 aliphatic rings. The molecule has 6 nitrogen and oxygen atoms in total. The van der Waals surface area contributed by atoms with Gasteiger partial charge in [0.25, 0.3) is 0 Å². The highest BCUT2D eigenvalue weighted by Gasteiger charge is 2.39. The van der Waals surface area contributed by atoms with Crippen LogP contribution in [0.25, 0.3) is 11.0 Å². The van der Waals surface area contributed by atoms with Crippen LogP contribution >= 0.6 is 0 Å². The lowest BCUT2D eigenvalue weighted by atomic mass is 10.2. The molecule has 130 valence electrons. The largest absolute Gasteiger partial charge is 0.471 e. The molecule has 1 fully saturated rings. The predicted octanol–water partition coefficient (Wildman–Crippen LogP) is 1.98. The number of nitrogens with one attached hydrogen (secondary N) is 1. The third-order valence-electron chi connectivity index (χ3n) is 4.34. The van der Waals surface area contributed by atoms with Gasteiger partial charge in [-0.05, 0) is 25.0 Å². The SMILES string of the molecule is Cn1c(=O)n(C)c2cc(N3CCCC3)c(NC(=O)C(F)(F)F)cc21. The molecule has 3 rings (SSSR count). The second kappa shape index (κ2) is 5.57. The van der Waals surface area contributed by atoms with E-state index in [0.29, 0.717) is 29.8 Å². The number of carbonyl (C=O) groups excluding carboxylic acids is 1. The van der Waals surface area contributed by atoms with Gasteiger partial charge in [-0.25, -0.2) is 4.79 Å². The van der Waals surface area contributed by atoms with Crippen molar-refractivity contribution in [3.05, 3.63) is 22.6 Å². The van der Waals surface area contributed by atoms with Crippen molar-refractivity contribution in [2.45, 2.75) is 19.0 Å². The molecule has 0 unspecified atom stereocenters. The van der Waals surface area contributed by atoms with E-state index in [2.05, 4.69) is 0 Å². The van der Waals surface area contributed by atoms with Crippen LogP contribution < -0.4 is 15.9 Å². The molecule has 1 amide bonds. The molecule has 0 saturated carbocycles. The Balaban J connectivity index is 2.17. The van der Waals surface area contributed by atoms with Crippen molar-refractivity contribution in [2.75, 3.05) is 23.3 Å². The summed E-state index contributed by atoms with van der Waals surface area (Å²) in [7, 11) is 3.14. The van der Waals surface area contributed by atoms with E-state index in [9.17, 15) is 22.8 Å². The van der Waals surface area contributed by atoms with Crippen molar-refractivity contribution < 1.29 is 18.0 Å². The zero-order valence-electron chi connectivity index (χ0n) is 13.3. The Morgan fingerprint density at radius 3 is 2.17 bits per heavy atom. The molecule has 9 heteroatoms. The van der Waals surface area contributed by atoms with Crippen molar-refractivity contribution >= 4 is 28.3 Å². The first-order valence-electron chi connectivity index (χ1n) is 7.52. The molecule has 0 aliphatic carbocycles. The number of aryl methyl sites for hydroxylation is 2. The normalized spacial score (nSPS) is 15.3. The summed E-state index contributed by atoms with van der Waals surface area (Å²) in [6.45, 7) is 1.39. The summed E-state index contributed by atoms with van der Waals surface area (Å²) < 4.78 is 40.6. The molecule has 1 aliphatic heterocycles. The van der Waals surface area contributed by atoms with E-state index >= 15 is 0 Å². The van der Waals surface area contributed by atoms with Crippen molar-refractivity contribution in [3.8, 4) is 0 Å². The zero-order chi connectivity index (χ0) is 17.6. The fraction of sp³-hybridized carbons (Fsp3) is 0.467. The van der Waals surface area contributed by atoms with Crippen molar-refractivity contribution in [1.29, 1.82) is 0 Å². The van der Waals surface area contributed by atoms with E-state index in [4.69, 9.17) is 0 Å². The summed E-state index contributed by atoms with van der Waals surface area (Å²) in [5.74, 6) is -2.02. The van der Waals surface area contributed by atoms with Gasteiger partial charge in [0.2, 0.25) is 0 Å². The molecule has 24 heavy (non-hydrogen) atoms. The van der Waals surface area contributed by atoms with Crippen LogP contribution in [0.2, 0.25) is 0 Å². The fourth-order valence-corrected chi connectivity index (χ4v) is 3.05. The highest BCUT2D eigenvalue weighted by molar-refractivity contribution is 6.01. The van der Waals surface area contributed by atoms with Gasteiger partial charge in [-0.2, -0.15) is 13.2 Å². The predicted molar refractivity (Wildman–Crippen MR) is 84.3 cm³/mol. The number of imidazole rings is 1. The van der Waals surface area contributed by atoms with Crippen molar-refractivity contribution in [2.24, 2.45) is 14.1 Å². The minimum atomic E-state index is -4.97. The molecule has 2 aromatic rings. The van der Waals surface area contributed by atoms with Crippen LogP contribution in [-0.2, 0) is 18.9 Å². The molecule has 1 aromatic carbocycles. The Hall–Kier alpha value is -2.45. The van der Waals surface area contributed by atoms with Crippen LogP contribution in [0.4, 0.5) is 24.5 Å². The van der Waals surface area contributed by atoms with E-state index in [1.54, 1.807) is 13.1 Å². The maximum absolute atomic E-state index is 12.6. The number of rotatable bonds is 2. The number of carbonyl (C=O) groups is 1. The van der Waals surface area contributed by atoms with E-state index in [-0.39, 0.29) is 11.4 Å². The van der Waals surface area contributed by atoms with Crippen LogP contribution in [0.3, 0.4) is 0 Å². The summed E-state index contributed by atoms with van der Waals surface area (Å²) in [5.41, 5.74) is 1.35. The third kappa shape index (κ3) is 2.63. The summed E-state index contributed by atoms with van der Waals surface area (Å²) in [6, 6.07) is 3.09. The molecule has 0 radical (unpaired) electrons. The highest BCUT2D eigenvalue weighted by Crippen LogP contribution is 2.34. The summed E-state index contributed by atoms with van der Waals surface area (Å²) in [5, 5.41) is 1.95. The van der Waals surface area contributed by atoms with E-state index in [0.717, 1.165) is 12.8 Å². The number of nitrogens with zero attached hydrogens (tertiary/aromatic N) is 3. The average Bonchev–Trinajstić information content (AvgIpc) is 3.11. The lowest BCUT2D eigenvalue weighted by Gasteiger charge is -2.22. The minimum Gasteiger partial charge on any atom is -0.370 e. The third-order valence-corrected chi connectivity index (χ3v) is 4.34. The first-order chi connectivity index (χ1) is 11.2. The number of amides is 1. The van der Waals surface area contributed by atoms with E-state index < -0.39 is 12.1 Å². The lowest BCUT2D eigenvalue weighted by molar-refractivity contribution is -0.167. The summed E-state index contributed by atoms with van der Waals surface area (Å²) >= 11 is 0. The molecule has 2 heterocycles. The number of hydrogen-bond donors (Lipinski definition) is 1. The molecule has 1 N–H and O–H groups in total. The van der Waals surface area contributed by atoms with Gasteiger partial charge in [0, 0.05) is 27.2 Å². The molecule has 1 aromatic heterocycles. The average molecular weight is 342 g/mol. The van der Waals surface area contributed by atoms with Gasteiger partial charge in [-0.1, -0.05) is 0 Å². The summed E-state index contributed by atoms with van der Waals surface area (Å²) in [6.07, 6.45) is -3.11. The Labute approximate surface area is 135 Å². The van der Waals surface area contributed by atoms with Gasteiger partial charge < -0.3 is 10.2 Å². The maximum atomic E-state index is 12.6. The number of hydrogen-bond acceptors (Lipinski definition) is 3. The second-order valence-electron chi connectivity index (χ2n) is 5.90. The van der Waals surface area contributed by atoms with Crippen LogP contribution in [0.5, 0.6) is 0 Å². The van der Waals surface area contributed by atoms with Gasteiger partial charge in [0.15, 0.2) is 0 Å². The van der Waals surface area contributed by atoms with Crippen LogP contribution in [0, 0.1) is 0 Å². The monoisotopic (exact) mass is 342 g/mol. The van der Waals surface area contributed by atoms with Gasteiger partial charge in [0.1, 0.15) is 0 Å². The Morgan fingerprint density at radius 2 is 1.62 bits per heavy atom. The number of anilines is 2. The first kappa shape index (κ1) is 16.4. The number of fused-ring (bicyclic) bond motifs is 1. The number of aromatic nitrogens is 2. The quantitative estimate of drug-likeness (QED) is 0.908. The van der Waals surface area contributed by atoms with Gasteiger partial charge >= 0.3 is 17.8 Å². The number of benzene rings is 1. The maximum Gasteiger partial charge on any atom is 0.471 e. The number of halogens is 3. The molecule has 0 spiro atoms. The smallest absolute Gasteiger partial charge is 0.370 e. The minimum absolute atomic E-state index is 0.0629. The zero-order valence-corrected chi connectivity index (χ0v) is 13.3. The molecule has 1 saturated heterocycles. The standard InChI is InChI=1S/C15H17F3N4O2/c1-20-11-7-9(19-13(23)15(16,17)18)10(22-5-3-4-6-22)8-12(11)21(2)14(20)24/h7-8H,3-6H2,1-2H3,(H,19,23). The van der Waals surface area contributed by atoms with Crippen LogP contribution in [0.1, 0.15) is 12.8 Å². The van der Waals surface area contributed by atoms with Crippen LogP contribution in [-0.4, -0.2) is 34.3 Å². The topological polar surface area (TPSA) is 59.3 Å². The lowest BCUT2D eigenvalue weighted by Crippen LogP contribution is -2.31. The van der Waals surface area contributed by atoms with Crippen LogP contribution in [0.15, 0.2) is 16.9 Å². The van der Waals surface area contributed by atoms with Gasteiger partial charge in [-0.3, -0.25) is 13.9 Å². The Morgan fingerprint density at radius 1 is 1.08 bits per heavy atom. The van der Waals surface area contributed by atoms with Crippen molar-refractivity contribution in [1.82, 2.24) is 9.13 Å². The first-order valence-corrected chi connectivity index (χ1v) is 7.52. The van der Waals surface area contributed by atoms with Gasteiger partial charge in [0.05, 0.1) is 22.4 Å².